The van der Waals surface area contributed by atoms with Crippen LogP contribution in [0.25, 0.3) is 0 Å². The van der Waals surface area contributed by atoms with Crippen molar-refractivity contribution in [1.82, 2.24) is 0 Å². The van der Waals surface area contributed by atoms with Gasteiger partial charge in [-0.1, -0.05) is 43.1 Å². The Morgan fingerprint density at radius 1 is 1.16 bits per heavy atom. The molecule has 5 atom stereocenters. The van der Waals surface area contributed by atoms with Crippen LogP contribution < -0.4 is 0 Å². The van der Waals surface area contributed by atoms with Crippen LogP contribution in [0, 0.1) is 17.8 Å². The van der Waals surface area contributed by atoms with Crippen LogP contribution in [0.3, 0.4) is 0 Å². The SMILES string of the molecule is CC1CCC(C(C)C)C(OC2CS(=O)(=O)CC2Br)C1. The maximum Gasteiger partial charge on any atom is 0.154 e. The zero-order valence-corrected chi connectivity index (χ0v) is 14.4. The molecule has 0 aromatic rings. The lowest BCUT2D eigenvalue weighted by Crippen LogP contribution is -2.39. The summed E-state index contributed by atoms with van der Waals surface area (Å²) in [5.74, 6) is 2.25. The molecule has 1 saturated carbocycles. The molecule has 0 spiro atoms. The highest BCUT2D eigenvalue weighted by Gasteiger charge is 2.41. The molecule has 3 nitrogen and oxygen atoms in total. The van der Waals surface area contributed by atoms with Gasteiger partial charge < -0.3 is 4.74 Å². The molecule has 0 bridgehead atoms. The number of sulfone groups is 1. The van der Waals surface area contributed by atoms with Crippen LogP contribution in [-0.4, -0.2) is 37.0 Å². The molecular formula is C14H25BrO3S. The second-order valence-corrected chi connectivity index (χ2v) is 9.96. The number of hydrogen-bond donors (Lipinski definition) is 0. The Balaban J connectivity index is 2.03. The van der Waals surface area contributed by atoms with Crippen LogP contribution in [0.15, 0.2) is 0 Å². The van der Waals surface area contributed by atoms with Gasteiger partial charge in [0.05, 0.1) is 28.5 Å². The van der Waals surface area contributed by atoms with Gasteiger partial charge in [-0.2, -0.15) is 0 Å². The van der Waals surface area contributed by atoms with E-state index in [1.807, 2.05) is 0 Å². The average molecular weight is 353 g/mol. The molecule has 0 aromatic heterocycles. The molecule has 5 unspecified atom stereocenters. The Labute approximate surface area is 125 Å². The van der Waals surface area contributed by atoms with Crippen molar-refractivity contribution in [3.63, 3.8) is 0 Å². The number of halogens is 1. The summed E-state index contributed by atoms with van der Waals surface area (Å²) in [6, 6.07) is 0. The van der Waals surface area contributed by atoms with E-state index in [-0.39, 0.29) is 28.5 Å². The standard InChI is InChI=1S/C14H25BrO3S/c1-9(2)11-5-4-10(3)6-13(11)18-14-8-19(16,17)7-12(14)15/h9-14H,4-8H2,1-3H3. The topological polar surface area (TPSA) is 43.4 Å². The average Bonchev–Trinajstić information content (AvgIpc) is 2.51. The van der Waals surface area contributed by atoms with E-state index in [4.69, 9.17) is 4.74 Å². The quantitative estimate of drug-likeness (QED) is 0.733. The first-order chi connectivity index (χ1) is 8.78. The fourth-order valence-corrected chi connectivity index (χ4v) is 6.81. The molecule has 0 N–H and O–H groups in total. The Kier molecular flexibility index (Phi) is 5.00. The van der Waals surface area contributed by atoms with Gasteiger partial charge in [-0.15, -0.1) is 0 Å². The van der Waals surface area contributed by atoms with Crippen molar-refractivity contribution in [1.29, 1.82) is 0 Å². The molecule has 2 rings (SSSR count). The minimum absolute atomic E-state index is 0.0393. The summed E-state index contributed by atoms with van der Waals surface area (Å²) in [4.78, 5) is -0.0393. The number of hydrogen-bond acceptors (Lipinski definition) is 3. The predicted molar refractivity (Wildman–Crippen MR) is 81.4 cm³/mol. The van der Waals surface area contributed by atoms with Gasteiger partial charge in [-0.3, -0.25) is 0 Å². The van der Waals surface area contributed by atoms with Crippen molar-refractivity contribution in [2.24, 2.45) is 17.8 Å². The van der Waals surface area contributed by atoms with E-state index in [1.54, 1.807) is 0 Å². The van der Waals surface area contributed by atoms with E-state index in [0.717, 1.165) is 6.42 Å². The summed E-state index contributed by atoms with van der Waals surface area (Å²) in [5.41, 5.74) is 0. The molecule has 0 aromatic carbocycles. The Morgan fingerprint density at radius 3 is 2.37 bits per heavy atom. The Morgan fingerprint density at radius 2 is 1.84 bits per heavy atom. The molecular weight excluding hydrogens is 328 g/mol. The third-order valence-corrected chi connectivity index (χ3v) is 7.59. The van der Waals surface area contributed by atoms with Crippen molar-refractivity contribution in [2.75, 3.05) is 11.5 Å². The zero-order chi connectivity index (χ0) is 14.2. The summed E-state index contributed by atoms with van der Waals surface area (Å²) in [6.07, 6.45) is 3.60. The Bertz CT molecular complexity index is 407. The van der Waals surface area contributed by atoms with Crippen LogP contribution >= 0.6 is 15.9 Å². The van der Waals surface area contributed by atoms with E-state index < -0.39 is 9.84 Å². The third kappa shape index (κ3) is 3.94. The molecule has 1 saturated heterocycles. The minimum Gasteiger partial charge on any atom is -0.372 e. The van der Waals surface area contributed by atoms with Crippen molar-refractivity contribution in [3.8, 4) is 0 Å². The van der Waals surface area contributed by atoms with Crippen LogP contribution in [0.5, 0.6) is 0 Å². The summed E-state index contributed by atoms with van der Waals surface area (Å²) in [5, 5.41) is 0. The van der Waals surface area contributed by atoms with Crippen molar-refractivity contribution >= 4 is 25.8 Å². The van der Waals surface area contributed by atoms with Crippen molar-refractivity contribution in [2.45, 2.75) is 57.1 Å². The lowest BCUT2D eigenvalue weighted by atomic mass is 9.75. The monoisotopic (exact) mass is 352 g/mol. The first-order valence-corrected chi connectivity index (χ1v) is 10.0. The number of ether oxygens (including phenoxy) is 1. The van der Waals surface area contributed by atoms with Gasteiger partial charge in [-0.25, -0.2) is 8.42 Å². The van der Waals surface area contributed by atoms with E-state index in [0.29, 0.717) is 17.8 Å². The van der Waals surface area contributed by atoms with E-state index >= 15 is 0 Å². The number of rotatable bonds is 3. The molecule has 2 aliphatic rings. The minimum atomic E-state index is -2.92. The fraction of sp³-hybridized carbons (Fsp3) is 1.00. The highest BCUT2D eigenvalue weighted by Crippen LogP contribution is 2.37. The lowest BCUT2D eigenvalue weighted by Gasteiger charge is -2.38. The fourth-order valence-electron chi connectivity index (χ4n) is 3.39. The number of alkyl halides is 1. The third-order valence-electron chi connectivity index (χ3n) is 4.55. The molecule has 19 heavy (non-hydrogen) atoms. The Hall–Kier alpha value is 0.390. The molecule has 5 heteroatoms. The highest BCUT2D eigenvalue weighted by molar-refractivity contribution is 9.09. The molecule has 1 aliphatic heterocycles. The smallest absolute Gasteiger partial charge is 0.154 e. The molecule has 1 aliphatic carbocycles. The maximum absolute atomic E-state index is 11.7. The second-order valence-electron chi connectivity index (χ2n) is 6.63. The molecule has 0 amide bonds. The summed E-state index contributed by atoms with van der Waals surface area (Å²) < 4.78 is 29.5. The maximum atomic E-state index is 11.7. The zero-order valence-electron chi connectivity index (χ0n) is 12.0. The van der Waals surface area contributed by atoms with Gasteiger partial charge >= 0.3 is 0 Å². The van der Waals surface area contributed by atoms with Crippen molar-refractivity contribution < 1.29 is 13.2 Å². The van der Waals surface area contributed by atoms with Crippen LogP contribution in [-0.2, 0) is 14.6 Å². The van der Waals surface area contributed by atoms with Gasteiger partial charge in [0.2, 0.25) is 0 Å². The summed E-state index contributed by atoms with van der Waals surface area (Å²) in [7, 11) is -2.92. The van der Waals surface area contributed by atoms with E-state index in [2.05, 4.69) is 36.7 Å². The van der Waals surface area contributed by atoms with Gasteiger partial charge in [-0.05, 0) is 30.6 Å². The summed E-state index contributed by atoms with van der Waals surface area (Å²) >= 11 is 3.48. The highest BCUT2D eigenvalue weighted by atomic mass is 79.9. The van der Waals surface area contributed by atoms with Gasteiger partial charge in [0.15, 0.2) is 9.84 Å². The van der Waals surface area contributed by atoms with E-state index in [1.165, 1.54) is 12.8 Å². The normalized spacial score (nSPS) is 42.7. The first-order valence-electron chi connectivity index (χ1n) is 7.28. The molecule has 2 fully saturated rings. The van der Waals surface area contributed by atoms with E-state index in [9.17, 15) is 8.42 Å². The van der Waals surface area contributed by atoms with Crippen LogP contribution in [0.4, 0.5) is 0 Å². The van der Waals surface area contributed by atoms with Gasteiger partial charge in [0.25, 0.3) is 0 Å². The lowest BCUT2D eigenvalue weighted by molar-refractivity contribution is -0.0685. The van der Waals surface area contributed by atoms with Gasteiger partial charge in [0, 0.05) is 0 Å². The summed E-state index contributed by atoms with van der Waals surface area (Å²) in [6.45, 7) is 6.76. The molecule has 1 heterocycles. The largest absolute Gasteiger partial charge is 0.372 e. The van der Waals surface area contributed by atoms with Gasteiger partial charge in [0.1, 0.15) is 0 Å². The van der Waals surface area contributed by atoms with Crippen molar-refractivity contribution in [3.05, 3.63) is 0 Å². The molecule has 112 valence electrons. The second kappa shape index (κ2) is 6.02. The predicted octanol–water partition coefficient (Wildman–Crippen LogP) is 3.02. The van der Waals surface area contributed by atoms with Crippen LogP contribution in [0.2, 0.25) is 0 Å². The molecule has 0 radical (unpaired) electrons. The first kappa shape index (κ1) is 15.8. The van der Waals surface area contributed by atoms with Crippen LogP contribution in [0.1, 0.15) is 40.0 Å².